The van der Waals surface area contributed by atoms with Gasteiger partial charge in [-0.1, -0.05) is 42.5 Å². The number of hydrogen-bond acceptors (Lipinski definition) is 6. The Morgan fingerprint density at radius 2 is 1.91 bits per heavy atom. The first kappa shape index (κ1) is 30.4. The van der Waals surface area contributed by atoms with E-state index in [0.717, 1.165) is 16.0 Å². The number of ether oxygens (including phenoxy) is 1. The highest BCUT2D eigenvalue weighted by atomic mass is 19.4. The molecule has 13 heteroatoms. The summed E-state index contributed by atoms with van der Waals surface area (Å²) >= 11 is 0. The molecule has 0 saturated carbocycles. The smallest absolute Gasteiger partial charge is 0.351 e. The first-order chi connectivity index (χ1) is 22.3. The Labute approximate surface area is 268 Å². The zero-order valence-corrected chi connectivity index (χ0v) is 26.0. The predicted molar refractivity (Wildman–Crippen MR) is 162 cm³/mol. The fraction of sp³-hybridized carbons (Fsp3) is 0.500. The summed E-state index contributed by atoms with van der Waals surface area (Å²) < 4.78 is 48.1. The molecule has 3 N–H and O–H groups in total. The molecular formula is C34H36F3N5O5. The molecule has 3 amide bonds. The van der Waals surface area contributed by atoms with Crippen LogP contribution in [0.1, 0.15) is 54.5 Å². The maximum atomic E-state index is 14.2. The average molecular weight is 652 g/mol. The lowest BCUT2D eigenvalue weighted by Crippen LogP contribution is -2.71. The van der Waals surface area contributed by atoms with E-state index >= 15 is 0 Å². The molecule has 7 atom stereocenters. The summed E-state index contributed by atoms with van der Waals surface area (Å²) in [5.41, 5.74) is -0.430. The third-order valence-electron chi connectivity index (χ3n) is 11.0. The summed E-state index contributed by atoms with van der Waals surface area (Å²) in [6.45, 7) is 2.10. The number of amides is 3. The van der Waals surface area contributed by atoms with E-state index in [-0.39, 0.29) is 42.8 Å². The number of H-pyrrole nitrogens is 1. The van der Waals surface area contributed by atoms with Gasteiger partial charge in [-0.15, -0.1) is 0 Å². The van der Waals surface area contributed by atoms with Crippen molar-refractivity contribution in [3.05, 3.63) is 70.9 Å². The molecule has 2 unspecified atom stereocenters. The van der Waals surface area contributed by atoms with E-state index in [1.54, 1.807) is 24.1 Å². The Morgan fingerprint density at radius 1 is 1.15 bits per heavy atom. The van der Waals surface area contributed by atoms with Crippen molar-refractivity contribution in [3.8, 4) is 0 Å². The van der Waals surface area contributed by atoms with Gasteiger partial charge in [0.1, 0.15) is 17.8 Å². The number of carbonyl (C=O) groups excluding carboxylic acids is 3. The number of likely N-dealkylation sites (N-methyl/N-ethyl adjacent to an activating group) is 1. The number of piperidine rings is 1. The van der Waals surface area contributed by atoms with Crippen LogP contribution in [0.15, 0.2) is 48.5 Å². The van der Waals surface area contributed by atoms with Gasteiger partial charge in [0.15, 0.2) is 0 Å². The second kappa shape index (κ2) is 10.3. The van der Waals surface area contributed by atoms with Crippen LogP contribution in [-0.4, -0.2) is 92.4 Å². The molecule has 1 aromatic heterocycles. The lowest BCUT2D eigenvalue weighted by molar-refractivity contribution is -0.315. The van der Waals surface area contributed by atoms with Gasteiger partial charge in [-0.25, -0.2) is 0 Å². The van der Waals surface area contributed by atoms with Crippen LogP contribution < -0.4 is 5.32 Å². The molecule has 4 aliphatic heterocycles. The van der Waals surface area contributed by atoms with Gasteiger partial charge < -0.3 is 25.2 Å². The number of benzene rings is 2. The topological polar surface area (TPSA) is 118 Å². The first-order valence-corrected chi connectivity index (χ1v) is 16.1. The van der Waals surface area contributed by atoms with Crippen LogP contribution in [0.25, 0.3) is 10.9 Å². The van der Waals surface area contributed by atoms with Crippen molar-refractivity contribution in [1.29, 1.82) is 0 Å². The molecule has 8 rings (SSSR count). The summed E-state index contributed by atoms with van der Waals surface area (Å²) in [6.07, 6.45) is -2.72. The number of aromatic nitrogens is 1. The molecule has 0 bridgehead atoms. The zero-order valence-electron chi connectivity index (χ0n) is 26.0. The summed E-state index contributed by atoms with van der Waals surface area (Å²) in [5.74, 6) is -4.40. The van der Waals surface area contributed by atoms with Gasteiger partial charge in [0.05, 0.1) is 5.92 Å². The second-order valence-electron chi connectivity index (χ2n) is 13.8. The number of fused-ring (bicyclic) bond motifs is 5. The van der Waals surface area contributed by atoms with Gasteiger partial charge >= 0.3 is 6.18 Å². The highest BCUT2D eigenvalue weighted by molar-refractivity contribution is 5.97. The number of rotatable bonds is 4. The fourth-order valence-electron chi connectivity index (χ4n) is 8.98. The lowest BCUT2D eigenvalue weighted by atomic mass is 9.72. The third kappa shape index (κ3) is 4.46. The first-order valence-electron chi connectivity index (χ1n) is 16.1. The van der Waals surface area contributed by atoms with E-state index in [2.05, 4.69) is 10.3 Å². The second-order valence-corrected chi connectivity index (χ2v) is 13.8. The van der Waals surface area contributed by atoms with Crippen LogP contribution in [0, 0.1) is 5.92 Å². The van der Waals surface area contributed by atoms with Crippen LogP contribution in [0.2, 0.25) is 0 Å². The molecule has 5 aliphatic rings. The number of carbonyl (C=O) groups is 3. The summed E-state index contributed by atoms with van der Waals surface area (Å²) in [7, 11) is 1.80. The number of halogens is 3. The summed E-state index contributed by atoms with van der Waals surface area (Å²) in [4.78, 5) is 49.2. The molecule has 0 spiro atoms. The number of aliphatic hydroxyl groups is 1. The van der Waals surface area contributed by atoms with E-state index in [1.807, 2.05) is 41.3 Å². The summed E-state index contributed by atoms with van der Waals surface area (Å²) in [6, 6.07) is 12.4. The largest absolute Gasteiger partial charge is 0.431 e. The molecule has 4 fully saturated rings. The van der Waals surface area contributed by atoms with E-state index in [0.29, 0.717) is 36.7 Å². The van der Waals surface area contributed by atoms with Crippen LogP contribution in [-0.2, 0) is 38.1 Å². The fourth-order valence-corrected chi connectivity index (χ4v) is 8.98. The van der Waals surface area contributed by atoms with Crippen molar-refractivity contribution in [2.24, 2.45) is 5.92 Å². The van der Waals surface area contributed by atoms with E-state index < -0.39 is 53.3 Å². The van der Waals surface area contributed by atoms with Crippen molar-refractivity contribution in [1.82, 2.24) is 25.0 Å². The third-order valence-corrected chi connectivity index (χ3v) is 11.0. The number of alkyl halides is 3. The highest BCUT2D eigenvalue weighted by Crippen LogP contribution is 2.49. The van der Waals surface area contributed by atoms with E-state index in [4.69, 9.17) is 4.74 Å². The van der Waals surface area contributed by atoms with Crippen LogP contribution in [0.3, 0.4) is 0 Å². The minimum absolute atomic E-state index is 0.170. The van der Waals surface area contributed by atoms with Crippen LogP contribution in [0.4, 0.5) is 13.2 Å². The monoisotopic (exact) mass is 651 g/mol. The number of nitrogens with zero attached hydrogens (tertiary/aromatic N) is 3. The Morgan fingerprint density at radius 3 is 2.66 bits per heavy atom. The van der Waals surface area contributed by atoms with Gasteiger partial charge in [-0.3, -0.25) is 24.0 Å². The predicted octanol–water partition coefficient (Wildman–Crippen LogP) is 3.10. The SMILES string of the molecule is CN1C[C@H](C(=O)N[C@]2(C)O[C@@]3(O)[C@@H]4CCCN4C(=O)[C@H](Cc4ccccc4)N3C2=O)CC2c3cccc4[nH]c(C(F)(F)F)c(c34)CC21. The molecule has 1 aliphatic carbocycles. The molecule has 2 aromatic carbocycles. The Kier molecular flexibility index (Phi) is 6.65. The number of nitrogens with one attached hydrogen (secondary N) is 2. The summed E-state index contributed by atoms with van der Waals surface area (Å²) in [5, 5.41) is 15.4. The van der Waals surface area contributed by atoms with Gasteiger partial charge in [0.25, 0.3) is 11.8 Å². The van der Waals surface area contributed by atoms with Gasteiger partial charge in [-0.05, 0) is 62.4 Å². The molecule has 0 radical (unpaired) electrons. The van der Waals surface area contributed by atoms with Gasteiger partial charge in [-0.2, -0.15) is 13.2 Å². The van der Waals surface area contributed by atoms with Crippen molar-refractivity contribution in [2.75, 3.05) is 20.1 Å². The Hall–Kier alpha value is -3.94. The minimum Gasteiger partial charge on any atom is -0.351 e. The number of likely N-dealkylation sites (tertiary alicyclic amines) is 1. The van der Waals surface area contributed by atoms with Gasteiger partial charge in [0.2, 0.25) is 17.5 Å². The normalized spacial score (nSPS) is 33.6. The number of aromatic amines is 1. The maximum absolute atomic E-state index is 14.2. The molecule has 248 valence electrons. The molecule has 3 aromatic rings. The van der Waals surface area contributed by atoms with Crippen molar-refractivity contribution in [2.45, 2.75) is 80.9 Å². The van der Waals surface area contributed by atoms with Crippen molar-refractivity contribution < 1.29 is 37.4 Å². The molecular weight excluding hydrogens is 615 g/mol. The maximum Gasteiger partial charge on any atom is 0.431 e. The van der Waals surface area contributed by atoms with Crippen molar-refractivity contribution in [3.63, 3.8) is 0 Å². The Bertz CT molecular complexity index is 1800. The number of hydrogen-bond donors (Lipinski definition) is 3. The molecule has 4 saturated heterocycles. The zero-order chi connectivity index (χ0) is 33.0. The van der Waals surface area contributed by atoms with E-state index in [9.17, 15) is 32.7 Å². The van der Waals surface area contributed by atoms with Crippen molar-refractivity contribution >= 4 is 28.6 Å². The highest BCUT2D eigenvalue weighted by Gasteiger charge is 2.70. The van der Waals surface area contributed by atoms with Crippen LogP contribution in [0.5, 0.6) is 0 Å². The lowest BCUT2D eigenvalue weighted by Gasteiger charge is -2.48. The quantitative estimate of drug-likeness (QED) is 0.399. The standard InChI is InChI=1S/C34H36F3N5O5/c1-32(31(45)42-25(14-18-8-4-3-5-9-18)30(44)41-13-7-12-26(41)34(42,46)47-32)39-29(43)19-15-21-20-10-6-11-23-27(20)22(16-24(21)40(2)17-19)28(38-23)33(35,36)37/h3-6,8-11,19,21,24-26,38,46H,7,12-17H2,1-2H3,(H,39,43)/t19-,21?,24?,25+,26+,32-,34+/m1/s1. The minimum atomic E-state index is -4.52. The molecule has 47 heavy (non-hydrogen) atoms. The van der Waals surface area contributed by atoms with Crippen LogP contribution >= 0.6 is 0 Å². The van der Waals surface area contributed by atoms with E-state index in [1.165, 1.54) is 6.92 Å². The molecule has 10 nitrogen and oxygen atoms in total. The molecule has 5 heterocycles. The number of piperazine rings is 1. The van der Waals surface area contributed by atoms with Gasteiger partial charge in [0, 0.05) is 42.4 Å². The Balaban J connectivity index is 1.08. The average Bonchev–Trinajstić information content (AvgIpc) is 3.72.